The molecular formula is C30H30F3N5O2. The lowest BCUT2D eigenvalue weighted by atomic mass is 10.1. The Morgan fingerprint density at radius 3 is 2.23 bits per heavy atom. The average Bonchev–Trinajstić information content (AvgIpc) is 3.32. The molecule has 3 aromatic carbocycles. The number of halogens is 3. The maximum atomic E-state index is 13.4. The number of hydrogen-bond donors (Lipinski definition) is 2. The minimum absolute atomic E-state index is 0.0424. The van der Waals surface area contributed by atoms with Gasteiger partial charge in [-0.2, -0.15) is 18.3 Å². The second-order valence-corrected chi connectivity index (χ2v) is 9.82. The normalized spacial score (nSPS) is 11.4. The molecular weight excluding hydrogens is 519 g/mol. The molecule has 4 aromatic rings. The quantitative estimate of drug-likeness (QED) is 0.249. The number of nitrogens with one attached hydrogen (secondary N) is 2. The number of aryl methyl sites for hydroxylation is 1. The highest BCUT2D eigenvalue weighted by Gasteiger charge is 2.34. The third kappa shape index (κ3) is 7.07. The largest absolute Gasteiger partial charge is 0.418 e. The lowest BCUT2D eigenvalue weighted by Crippen LogP contribution is -2.43. The smallest absolute Gasteiger partial charge is 0.315 e. The first kappa shape index (κ1) is 28.4. The number of urea groups is 1. The molecule has 0 fully saturated rings. The van der Waals surface area contributed by atoms with Gasteiger partial charge in [0, 0.05) is 18.2 Å². The topological polar surface area (TPSA) is 79.3 Å². The van der Waals surface area contributed by atoms with Gasteiger partial charge in [-0.25, -0.2) is 9.48 Å². The van der Waals surface area contributed by atoms with E-state index in [4.69, 9.17) is 0 Å². The molecule has 2 N–H and O–H groups in total. The Kier molecular flexibility index (Phi) is 8.57. The van der Waals surface area contributed by atoms with E-state index >= 15 is 0 Å². The van der Waals surface area contributed by atoms with Gasteiger partial charge in [-0.05, 0) is 37.1 Å². The van der Waals surface area contributed by atoms with Gasteiger partial charge in [0.1, 0.15) is 12.4 Å². The molecule has 0 radical (unpaired) electrons. The van der Waals surface area contributed by atoms with Crippen LogP contribution in [0.15, 0.2) is 84.9 Å². The number of anilines is 2. The lowest BCUT2D eigenvalue weighted by Gasteiger charge is -2.25. The average molecular weight is 550 g/mol. The Labute approximate surface area is 230 Å². The zero-order valence-electron chi connectivity index (χ0n) is 22.4. The van der Waals surface area contributed by atoms with Crippen LogP contribution in [0.25, 0.3) is 16.9 Å². The molecule has 0 aliphatic heterocycles. The van der Waals surface area contributed by atoms with Gasteiger partial charge in [-0.1, -0.05) is 74.0 Å². The molecule has 10 heteroatoms. The van der Waals surface area contributed by atoms with E-state index in [1.165, 1.54) is 23.1 Å². The van der Waals surface area contributed by atoms with Crippen LogP contribution in [0, 0.1) is 12.8 Å². The lowest BCUT2D eigenvalue weighted by molar-refractivity contribution is -0.137. The van der Waals surface area contributed by atoms with Crippen LogP contribution in [0.2, 0.25) is 0 Å². The van der Waals surface area contributed by atoms with Crippen molar-refractivity contribution in [3.8, 4) is 16.9 Å². The van der Waals surface area contributed by atoms with Crippen LogP contribution < -0.4 is 10.6 Å². The molecule has 208 valence electrons. The standard InChI is InChI=1S/C30H30F3N5O2/c1-20(2)18-37(29(40)34-25-12-8-7-11-24(25)30(31,32)33)19-28(39)35-27-17-26(22-9-5-4-6-10-22)36-38(27)23-15-13-21(3)14-16-23/h4-17,20H,18-19H2,1-3H3,(H,34,40)(H,35,39). The SMILES string of the molecule is Cc1ccc(-n2nc(-c3ccccc3)cc2NC(=O)CN(CC(C)C)C(=O)Nc2ccccc2C(F)(F)F)cc1. The fourth-order valence-electron chi connectivity index (χ4n) is 4.15. The summed E-state index contributed by atoms with van der Waals surface area (Å²) in [6.07, 6.45) is -4.64. The number of hydrogen-bond acceptors (Lipinski definition) is 3. The molecule has 1 aromatic heterocycles. The van der Waals surface area contributed by atoms with Crippen LogP contribution >= 0.6 is 0 Å². The van der Waals surface area contributed by atoms with Crippen LogP contribution in [0.1, 0.15) is 25.0 Å². The maximum Gasteiger partial charge on any atom is 0.418 e. The van der Waals surface area contributed by atoms with Gasteiger partial charge >= 0.3 is 12.2 Å². The summed E-state index contributed by atoms with van der Waals surface area (Å²) in [6.45, 7) is 5.44. The van der Waals surface area contributed by atoms with Crippen molar-refractivity contribution >= 4 is 23.4 Å². The molecule has 0 atom stereocenters. The fraction of sp³-hybridized carbons (Fsp3) is 0.233. The van der Waals surface area contributed by atoms with E-state index in [1.807, 2.05) is 75.4 Å². The Morgan fingerprint density at radius 2 is 1.57 bits per heavy atom. The number of alkyl halides is 3. The van der Waals surface area contributed by atoms with E-state index in [9.17, 15) is 22.8 Å². The number of benzene rings is 3. The number of carbonyl (C=O) groups is 2. The first-order valence-electron chi connectivity index (χ1n) is 12.8. The van der Waals surface area contributed by atoms with Gasteiger partial charge in [0.15, 0.2) is 0 Å². The Hall–Kier alpha value is -4.60. The molecule has 7 nitrogen and oxygen atoms in total. The number of aromatic nitrogens is 2. The van der Waals surface area contributed by atoms with Crippen LogP contribution in [0.4, 0.5) is 29.5 Å². The van der Waals surface area contributed by atoms with Crippen molar-refractivity contribution in [1.82, 2.24) is 14.7 Å². The Bertz CT molecular complexity index is 1460. The first-order chi connectivity index (χ1) is 19.0. The van der Waals surface area contributed by atoms with Crippen molar-refractivity contribution < 1.29 is 22.8 Å². The van der Waals surface area contributed by atoms with Crippen LogP contribution in [-0.2, 0) is 11.0 Å². The van der Waals surface area contributed by atoms with Gasteiger partial charge in [-0.15, -0.1) is 0 Å². The zero-order valence-corrected chi connectivity index (χ0v) is 22.4. The van der Waals surface area contributed by atoms with E-state index in [-0.39, 0.29) is 24.7 Å². The van der Waals surface area contributed by atoms with Crippen molar-refractivity contribution in [2.24, 2.45) is 5.92 Å². The summed E-state index contributed by atoms with van der Waals surface area (Å²) >= 11 is 0. The Morgan fingerprint density at radius 1 is 0.925 bits per heavy atom. The third-order valence-corrected chi connectivity index (χ3v) is 6.01. The second-order valence-electron chi connectivity index (χ2n) is 9.82. The van der Waals surface area contributed by atoms with Gasteiger partial charge < -0.3 is 15.5 Å². The minimum Gasteiger partial charge on any atom is -0.315 e. The first-order valence-corrected chi connectivity index (χ1v) is 12.8. The highest BCUT2D eigenvalue weighted by atomic mass is 19.4. The minimum atomic E-state index is -4.64. The molecule has 0 saturated carbocycles. The molecule has 0 aliphatic carbocycles. The van der Waals surface area contributed by atoms with E-state index in [0.717, 1.165) is 22.9 Å². The van der Waals surface area contributed by atoms with Crippen molar-refractivity contribution in [3.05, 3.63) is 96.1 Å². The summed E-state index contributed by atoms with van der Waals surface area (Å²) in [4.78, 5) is 27.5. The van der Waals surface area contributed by atoms with E-state index in [1.54, 1.807) is 10.7 Å². The number of rotatable bonds is 8. The van der Waals surface area contributed by atoms with Gasteiger partial charge in [-0.3, -0.25) is 4.79 Å². The third-order valence-electron chi connectivity index (χ3n) is 6.01. The second kappa shape index (κ2) is 12.1. The molecule has 3 amide bonds. The van der Waals surface area contributed by atoms with Crippen molar-refractivity contribution in [2.45, 2.75) is 26.9 Å². The maximum absolute atomic E-state index is 13.4. The van der Waals surface area contributed by atoms with Crippen molar-refractivity contribution in [3.63, 3.8) is 0 Å². The molecule has 0 spiro atoms. The molecule has 0 unspecified atom stereocenters. The fourth-order valence-corrected chi connectivity index (χ4v) is 4.15. The van der Waals surface area contributed by atoms with E-state index in [2.05, 4.69) is 15.7 Å². The molecule has 0 aliphatic rings. The van der Waals surface area contributed by atoms with Crippen molar-refractivity contribution in [1.29, 1.82) is 0 Å². The van der Waals surface area contributed by atoms with E-state index < -0.39 is 23.7 Å². The number of carbonyl (C=O) groups excluding carboxylic acids is 2. The van der Waals surface area contributed by atoms with Gasteiger partial charge in [0.2, 0.25) is 5.91 Å². The van der Waals surface area contributed by atoms with Crippen LogP contribution in [0.5, 0.6) is 0 Å². The molecule has 0 bridgehead atoms. The summed E-state index contributed by atoms with van der Waals surface area (Å²) in [5.74, 6) is -0.174. The number of amides is 3. The molecule has 40 heavy (non-hydrogen) atoms. The van der Waals surface area contributed by atoms with E-state index in [0.29, 0.717) is 11.5 Å². The monoisotopic (exact) mass is 549 g/mol. The highest BCUT2D eigenvalue weighted by Crippen LogP contribution is 2.34. The van der Waals surface area contributed by atoms with Gasteiger partial charge in [0.05, 0.1) is 22.6 Å². The molecule has 4 rings (SSSR count). The predicted molar refractivity (Wildman–Crippen MR) is 149 cm³/mol. The number of para-hydroxylation sites is 1. The highest BCUT2D eigenvalue weighted by molar-refractivity contribution is 5.97. The summed E-state index contributed by atoms with van der Waals surface area (Å²) in [7, 11) is 0. The summed E-state index contributed by atoms with van der Waals surface area (Å²) < 4.78 is 42.0. The summed E-state index contributed by atoms with van der Waals surface area (Å²) in [6, 6.07) is 22.7. The molecule has 0 saturated heterocycles. The number of nitrogens with zero attached hydrogens (tertiary/aromatic N) is 3. The summed E-state index contributed by atoms with van der Waals surface area (Å²) in [5.41, 5.74) is 1.94. The predicted octanol–water partition coefficient (Wildman–Crippen LogP) is 7.00. The molecule has 1 heterocycles. The Balaban J connectivity index is 1.58. The summed E-state index contributed by atoms with van der Waals surface area (Å²) in [5, 5.41) is 9.85. The van der Waals surface area contributed by atoms with Crippen LogP contribution in [-0.4, -0.2) is 39.7 Å². The van der Waals surface area contributed by atoms with Gasteiger partial charge in [0.25, 0.3) is 0 Å². The van der Waals surface area contributed by atoms with Crippen molar-refractivity contribution in [2.75, 3.05) is 23.7 Å². The zero-order chi connectivity index (χ0) is 28.9. The van der Waals surface area contributed by atoms with Crippen LogP contribution in [0.3, 0.4) is 0 Å².